The van der Waals surface area contributed by atoms with E-state index in [1.807, 2.05) is 23.5 Å². The molecule has 1 amide bonds. The molecule has 30 heavy (non-hydrogen) atoms. The Bertz CT molecular complexity index is 1050. The maximum absolute atomic E-state index is 12.9. The van der Waals surface area contributed by atoms with Crippen LogP contribution < -0.4 is 5.32 Å². The number of anilines is 1. The SMILES string of the molecule is CCc1c(C)sc2c1CCN(CC(=O)Nc1ccc(C)c(C)c1)C2c1ccccc1. The standard InChI is InChI=1S/C26H30N2OS/c1-5-22-19(4)30-26-23(22)13-14-28(25(26)20-9-7-6-8-10-20)16-24(29)27-21-12-11-17(2)18(3)15-21/h6-12,15,25H,5,13-14,16H2,1-4H3,(H,27,29). The molecule has 3 nitrogen and oxygen atoms in total. The molecule has 0 spiro atoms. The van der Waals surface area contributed by atoms with Crippen molar-refractivity contribution in [3.05, 3.63) is 86.1 Å². The van der Waals surface area contributed by atoms with E-state index in [4.69, 9.17) is 0 Å². The van der Waals surface area contributed by atoms with E-state index in [9.17, 15) is 4.79 Å². The maximum atomic E-state index is 12.9. The summed E-state index contributed by atoms with van der Waals surface area (Å²) in [5.41, 5.74) is 7.59. The lowest BCUT2D eigenvalue weighted by Crippen LogP contribution is -2.40. The summed E-state index contributed by atoms with van der Waals surface area (Å²) in [6.07, 6.45) is 2.09. The highest BCUT2D eigenvalue weighted by atomic mass is 32.1. The van der Waals surface area contributed by atoms with Crippen molar-refractivity contribution in [1.29, 1.82) is 0 Å². The Balaban J connectivity index is 1.61. The molecule has 0 fully saturated rings. The molecule has 0 radical (unpaired) electrons. The fraction of sp³-hybridized carbons (Fsp3) is 0.346. The summed E-state index contributed by atoms with van der Waals surface area (Å²) in [6, 6.07) is 16.9. The molecular weight excluding hydrogens is 388 g/mol. The van der Waals surface area contributed by atoms with E-state index in [-0.39, 0.29) is 11.9 Å². The third kappa shape index (κ3) is 4.07. The minimum Gasteiger partial charge on any atom is -0.325 e. The molecule has 2 heterocycles. The molecule has 0 aliphatic carbocycles. The van der Waals surface area contributed by atoms with Crippen LogP contribution in [0.4, 0.5) is 5.69 Å². The first-order chi connectivity index (χ1) is 14.5. The molecule has 0 bridgehead atoms. The number of benzene rings is 2. The molecule has 4 rings (SSSR count). The zero-order valence-electron chi connectivity index (χ0n) is 18.3. The van der Waals surface area contributed by atoms with Gasteiger partial charge >= 0.3 is 0 Å². The van der Waals surface area contributed by atoms with Crippen LogP contribution in [0.1, 0.15) is 50.5 Å². The Morgan fingerprint density at radius 3 is 2.57 bits per heavy atom. The number of thiophene rings is 1. The van der Waals surface area contributed by atoms with E-state index in [1.165, 1.54) is 37.6 Å². The molecule has 0 saturated carbocycles. The Morgan fingerprint density at radius 1 is 1.10 bits per heavy atom. The molecule has 1 atom stereocenters. The lowest BCUT2D eigenvalue weighted by Gasteiger charge is -2.36. The van der Waals surface area contributed by atoms with Gasteiger partial charge in [0.15, 0.2) is 0 Å². The van der Waals surface area contributed by atoms with Gasteiger partial charge in [0.25, 0.3) is 0 Å². The van der Waals surface area contributed by atoms with Gasteiger partial charge in [0.2, 0.25) is 5.91 Å². The lowest BCUT2D eigenvalue weighted by molar-refractivity contribution is -0.117. The molecule has 1 aliphatic rings. The normalized spacial score (nSPS) is 16.3. The second-order valence-corrected chi connectivity index (χ2v) is 9.47. The number of amides is 1. The maximum Gasteiger partial charge on any atom is 0.238 e. The van der Waals surface area contributed by atoms with Crippen molar-refractivity contribution in [1.82, 2.24) is 4.90 Å². The number of hydrogen-bond donors (Lipinski definition) is 1. The van der Waals surface area contributed by atoms with Gasteiger partial charge in [-0.05, 0) is 73.6 Å². The number of rotatable bonds is 5. The van der Waals surface area contributed by atoms with Crippen molar-refractivity contribution >= 4 is 22.9 Å². The van der Waals surface area contributed by atoms with Crippen LogP contribution in [0.15, 0.2) is 48.5 Å². The molecule has 1 N–H and O–H groups in total. The molecule has 4 heteroatoms. The molecule has 1 aliphatic heterocycles. The van der Waals surface area contributed by atoms with Gasteiger partial charge in [0.1, 0.15) is 0 Å². The van der Waals surface area contributed by atoms with Crippen molar-refractivity contribution in [3.63, 3.8) is 0 Å². The number of carbonyl (C=O) groups is 1. The zero-order valence-corrected chi connectivity index (χ0v) is 19.1. The third-order valence-corrected chi connectivity index (χ3v) is 7.46. The summed E-state index contributed by atoms with van der Waals surface area (Å²) in [6.45, 7) is 9.94. The number of nitrogens with one attached hydrogen (secondary N) is 1. The monoisotopic (exact) mass is 418 g/mol. The second kappa shape index (κ2) is 8.75. The van der Waals surface area contributed by atoms with E-state index < -0.39 is 0 Å². The van der Waals surface area contributed by atoms with Crippen molar-refractivity contribution in [2.24, 2.45) is 0 Å². The number of aryl methyl sites for hydroxylation is 3. The van der Waals surface area contributed by atoms with Gasteiger partial charge in [-0.3, -0.25) is 9.69 Å². The third-order valence-electron chi connectivity index (χ3n) is 6.22. The van der Waals surface area contributed by atoms with Crippen LogP contribution in [-0.4, -0.2) is 23.9 Å². The number of fused-ring (bicyclic) bond motifs is 1. The van der Waals surface area contributed by atoms with Crippen LogP contribution in [-0.2, 0) is 17.6 Å². The minimum absolute atomic E-state index is 0.0478. The Kier molecular flexibility index (Phi) is 6.07. The van der Waals surface area contributed by atoms with Crippen LogP contribution >= 0.6 is 11.3 Å². The average molecular weight is 419 g/mol. The summed E-state index contributed by atoms with van der Waals surface area (Å²) in [7, 11) is 0. The fourth-order valence-electron chi connectivity index (χ4n) is 4.53. The van der Waals surface area contributed by atoms with Crippen LogP contribution in [0.2, 0.25) is 0 Å². The van der Waals surface area contributed by atoms with Crippen LogP contribution in [0.25, 0.3) is 0 Å². The number of nitrogens with zero attached hydrogens (tertiary/aromatic N) is 1. The van der Waals surface area contributed by atoms with E-state index in [0.717, 1.165) is 25.1 Å². The minimum atomic E-state index is 0.0478. The van der Waals surface area contributed by atoms with Gasteiger partial charge < -0.3 is 5.32 Å². The van der Waals surface area contributed by atoms with Gasteiger partial charge in [0, 0.05) is 22.0 Å². The highest BCUT2D eigenvalue weighted by Gasteiger charge is 2.33. The van der Waals surface area contributed by atoms with Crippen molar-refractivity contribution in [2.45, 2.75) is 46.6 Å². The van der Waals surface area contributed by atoms with E-state index in [0.29, 0.717) is 6.54 Å². The molecule has 1 aromatic heterocycles. The Morgan fingerprint density at radius 2 is 1.87 bits per heavy atom. The second-order valence-electron chi connectivity index (χ2n) is 8.21. The van der Waals surface area contributed by atoms with Crippen molar-refractivity contribution in [2.75, 3.05) is 18.4 Å². The first kappa shape index (κ1) is 20.8. The summed E-state index contributed by atoms with van der Waals surface area (Å²) in [5.74, 6) is 0.0478. The van der Waals surface area contributed by atoms with Gasteiger partial charge in [-0.15, -0.1) is 11.3 Å². The molecule has 3 aromatic rings. The number of carbonyl (C=O) groups excluding carboxylic acids is 1. The van der Waals surface area contributed by atoms with Gasteiger partial charge in [-0.25, -0.2) is 0 Å². The molecule has 1 unspecified atom stereocenters. The van der Waals surface area contributed by atoms with Crippen molar-refractivity contribution < 1.29 is 4.79 Å². The van der Waals surface area contributed by atoms with E-state index in [1.54, 1.807) is 0 Å². The first-order valence-corrected chi connectivity index (χ1v) is 11.6. The summed E-state index contributed by atoms with van der Waals surface area (Å²) in [5, 5.41) is 3.10. The van der Waals surface area contributed by atoms with Gasteiger partial charge in [0.05, 0.1) is 12.6 Å². The van der Waals surface area contributed by atoms with Crippen molar-refractivity contribution in [3.8, 4) is 0 Å². The first-order valence-electron chi connectivity index (χ1n) is 10.7. The zero-order chi connectivity index (χ0) is 21.3. The lowest BCUT2D eigenvalue weighted by atomic mass is 9.91. The Hall–Kier alpha value is -2.43. The molecule has 156 valence electrons. The summed E-state index contributed by atoms with van der Waals surface area (Å²) < 4.78 is 0. The highest BCUT2D eigenvalue weighted by Crippen LogP contribution is 2.42. The van der Waals surface area contributed by atoms with E-state index in [2.05, 4.69) is 74.3 Å². The van der Waals surface area contributed by atoms with Crippen LogP contribution in [0.5, 0.6) is 0 Å². The Labute approximate surface area is 183 Å². The van der Waals surface area contributed by atoms with Gasteiger partial charge in [-0.2, -0.15) is 0 Å². The predicted octanol–water partition coefficient (Wildman–Crippen LogP) is 5.82. The van der Waals surface area contributed by atoms with E-state index >= 15 is 0 Å². The molecular formula is C26H30N2OS. The highest BCUT2D eigenvalue weighted by molar-refractivity contribution is 7.12. The fourth-order valence-corrected chi connectivity index (χ4v) is 5.99. The quantitative estimate of drug-likeness (QED) is 0.566. The van der Waals surface area contributed by atoms with Gasteiger partial charge in [-0.1, -0.05) is 43.3 Å². The summed E-state index contributed by atoms with van der Waals surface area (Å²) >= 11 is 1.91. The largest absolute Gasteiger partial charge is 0.325 e. The smallest absolute Gasteiger partial charge is 0.238 e. The van der Waals surface area contributed by atoms with Crippen LogP contribution in [0, 0.1) is 20.8 Å². The van der Waals surface area contributed by atoms with Crippen LogP contribution in [0.3, 0.4) is 0 Å². The predicted molar refractivity (Wildman–Crippen MR) is 127 cm³/mol. The number of hydrogen-bond acceptors (Lipinski definition) is 3. The average Bonchev–Trinajstić information content (AvgIpc) is 3.06. The summed E-state index contributed by atoms with van der Waals surface area (Å²) in [4.78, 5) is 18.1. The topological polar surface area (TPSA) is 32.3 Å². The molecule has 2 aromatic carbocycles. The molecule has 0 saturated heterocycles.